The summed E-state index contributed by atoms with van der Waals surface area (Å²) in [6, 6.07) is 0. The van der Waals surface area contributed by atoms with Crippen molar-refractivity contribution in [3.8, 4) is 0 Å². The van der Waals surface area contributed by atoms with Crippen LogP contribution >= 0.6 is 12.4 Å². The van der Waals surface area contributed by atoms with Crippen molar-refractivity contribution in [2.24, 2.45) is 11.8 Å². The molecule has 0 bridgehead atoms. The highest BCUT2D eigenvalue weighted by atomic mass is 35.5. The third-order valence-electron chi connectivity index (χ3n) is 3.78. The molecule has 1 rings (SSSR count). The van der Waals surface area contributed by atoms with E-state index in [1.807, 2.05) is 25.8 Å². The normalized spacial score (nSPS) is 18.3. The monoisotopic (exact) mass is 319 g/mol. The van der Waals surface area contributed by atoms with Crippen LogP contribution in [0.25, 0.3) is 0 Å². The zero-order valence-electron chi connectivity index (χ0n) is 13.5. The first kappa shape index (κ1) is 20.2. The smallest absolute Gasteiger partial charge is 0.222 e. The summed E-state index contributed by atoms with van der Waals surface area (Å²) < 4.78 is 0. The highest BCUT2D eigenvalue weighted by Gasteiger charge is 2.23. The van der Waals surface area contributed by atoms with Crippen LogP contribution in [-0.2, 0) is 9.59 Å². The average molecular weight is 320 g/mol. The molecule has 0 aromatic carbocycles. The molecule has 2 amide bonds. The summed E-state index contributed by atoms with van der Waals surface area (Å²) in [5.74, 6) is 0.778. The Morgan fingerprint density at radius 3 is 2.67 bits per heavy atom. The lowest BCUT2D eigenvalue weighted by atomic mass is 9.97. The van der Waals surface area contributed by atoms with Crippen molar-refractivity contribution >= 4 is 24.2 Å². The standard InChI is InChI=1S/C15H29N3O2.ClH/c1-12(2)15(20)17-10-13-6-5-9-18(11-13)14(19)7-4-8-16-3;/h12-13,16H,4-11H2,1-3H3,(H,17,20);1H. The van der Waals surface area contributed by atoms with Crippen molar-refractivity contribution in [3.63, 3.8) is 0 Å². The van der Waals surface area contributed by atoms with E-state index in [1.165, 1.54) is 0 Å². The van der Waals surface area contributed by atoms with E-state index in [0.29, 0.717) is 18.9 Å². The molecule has 124 valence electrons. The number of nitrogens with zero attached hydrogens (tertiary/aromatic N) is 1. The Bertz CT molecular complexity index is 324. The number of carbonyl (C=O) groups is 2. The topological polar surface area (TPSA) is 61.4 Å². The van der Waals surface area contributed by atoms with E-state index in [4.69, 9.17) is 0 Å². The number of piperidine rings is 1. The predicted molar refractivity (Wildman–Crippen MR) is 87.6 cm³/mol. The van der Waals surface area contributed by atoms with Crippen LogP contribution in [0.5, 0.6) is 0 Å². The maximum absolute atomic E-state index is 12.1. The van der Waals surface area contributed by atoms with E-state index in [9.17, 15) is 9.59 Å². The fourth-order valence-corrected chi connectivity index (χ4v) is 2.48. The van der Waals surface area contributed by atoms with Crippen LogP contribution in [-0.4, -0.2) is 49.9 Å². The van der Waals surface area contributed by atoms with Crippen LogP contribution in [0.1, 0.15) is 39.5 Å². The van der Waals surface area contributed by atoms with Gasteiger partial charge in [0.05, 0.1) is 0 Å². The minimum absolute atomic E-state index is 0. The molecule has 6 heteroatoms. The Balaban J connectivity index is 0.00000400. The van der Waals surface area contributed by atoms with Gasteiger partial charge in [-0.25, -0.2) is 0 Å². The van der Waals surface area contributed by atoms with Crippen LogP contribution in [0.15, 0.2) is 0 Å². The van der Waals surface area contributed by atoms with Crippen molar-refractivity contribution in [3.05, 3.63) is 0 Å². The van der Waals surface area contributed by atoms with E-state index in [1.54, 1.807) is 0 Å². The molecule has 0 aromatic heterocycles. The number of rotatable bonds is 7. The molecule has 0 spiro atoms. The van der Waals surface area contributed by atoms with E-state index < -0.39 is 0 Å². The summed E-state index contributed by atoms with van der Waals surface area (Å²) in [7, 11) is 1.90. The van der Waals surface area contributed by atoms with Gasteiger partial charge in [0.1, 0.15) is 0 Å². The molecule has 1 heterocycles. The predicted octanol–water partition coefficient (Wildman–Crippen LogP) is 1.42. The van der Waals surface area contributed by atoms with E-state index in [0.717, 1.165) is 38.9 Å². The van der Waals surface area contributed by atoms with Crippen LogP contribution in [0.4, 0.5) is 0 Å². The Labute approximate surface area is 134 Å². The molecule has 5 nitrogen and oxygen atoms in total. The van der Waals surface area contributed by atoms with Crippen molar-refractivity contribution in [1.29, 1.82) is 0 Å². The van der Waals surface area contributed by atoms with Gasteiger partial charge < -0.3 is 15.5 Å². The molecule has 2 N–H and O–H groups in total. The molecule has 21 heavy (non-hydrogen) atoms. The molecule has 1 aliphatic heterocycles. The number of hydrogen-bond acceptors (Lipinski definition) is 3. The number of carbonyl (C=O) groups excluding carboxylic acids is 2. The maximum atomic E-state index is 12.1. The molecule has 1 unspecified atom stereocenters. The number of amides is 2. The first-order chi connectivity index (χ1) is 9.54. The van der Waals surface area contributed by atoms with Gasteiger partial charge in [0.25, 0.3) is 0 Å². The van der Waals surface area contributed by atoms with E-state index in [-0.39, 0.29) is 30.1 Å². The van der Waals surface area contributed by atoms with Crippen molar-refractivity contribution in [2.75, 3.05) is 33.2 Å². The first-order valence-electron chi connectivity index (χ1n) is 7.74. The van der Waals surface area contributed by atoms with Gasteiger partial charge in [0.2, 0.25) is 11.8 Å². The van der Waals surface area contributed by atoms with Crippen molar-refractivity contribution < 1.29 is 9.59 Å². The maximum Gasteiger partial charge on any atom is 0.222 e. The van der Waals surface area contributed by atoms with Gasteiger partial charge in [-0.15, -0.1) is 12.4 Å². The minimum atomic E-state index is 0. The quantitative estimate of drug-likeness (QED) is 0.698. The first-order valence-corrected chi connectivity index (χ1v) is 7.74. The summed E-state index contributed by atoms with van der Waals surface area (Å²) >= 11 is 0. The lowest BCUT2D eigenvalue weighted by Gasteiger charge is -2.33. The van der Waals surface area contributed by atoms with E-state index in [2.05, 4.69) is 10.6 Å². The Morgan fingerprint density at radius 1 is 1.33 bits per heavy atom. The van der Waals surface area contributed by atoms with Gasteiger partial charge in [-0.05, 0) is 38.8 Å². The van der Waals surface area contributed by atoms with Crippen molar-refractivity contribution in [1.82, 2.24) is 15.5 Å². The number of likely N-dealkylation sites (tertiary alicyclic amines) is 1. The highest BCUT2D eigenvalue weighted by molar-refractivity contribution is 5.85. The zero-order chi connectivity index (χ0) is 15.0. The second kappa shape index (κ2) is 10.9. The molecule has 1 saturated heterocycles. The second-order valence-corrected chi connectivity index (χ2v) is 5.95. The highest BCUT2D eigenvalue weighted by Crippen LogP contribution is 2.17. The fourth-order valence-electron chi connectivity index (χ4n) is 2.48. The summed E-state index contributed by atoms with van der Waals surface area (Å²) in [6.07, 6.45) is 3.64. The number of nitrogens with one attached hydrogen (secondary N) is 2. The average Bonchev–Trinajstić information content (AvgIpc) is 2.45. The summed E-state index contributed by atoms with van der Waals surface area (Å²) in [5, 5.41) is 6.04. The Hall–Kier alpha value is -0.810. The summed E-state index contributed by atoms with van der Waals surface area (Å²) in [4.78, 5) is 25.6. The van der Waals surface area contributed by atoms with Gasteiger partial charge in [0, 0.05) is 32.0 Å². The Kier molecular flexibility index (Phi) is 10.4. The fraction of sp³-hybridized carbons (Fsp3) is 0.867. The lowest BCUT2D eigenvalue weighted by molar-refractivity contribution is -0.133. The molecular weight excluding hydrogens is 290 g/mol. The molecule has 0 aromatic rings. The SMILES string of the molecule is CNCCCC(=O)N1CCCC(CNC(=O)C(C)C)C1.Cl. The molecule has 1 fully saturated rings. The second-order valence-electron chi connectivity index (χ2n) is 5.95. The Morgan fingerprint density at radius 2 is 2.05 bits per heavy atom. The molecular formula is C15H30ClN3O2. The largest absolute Gasteiger partial charge is 0.356 e. The van der Waals surface area contributed by atoms with Crippen LogP contribution < -0.4 is 10.6 Å². The molecule has 1 aliphatic rings. The summed E-state index contributed by atoms with van der Waals surface area (Å²) in [5.41, 5.74) is 0. The van der Waals surface area contributed by atoms with Gasteiger partial charge in [0.15, 0.2) is 0 Å². The van der Waals surface area contributed by atoms with Gasteiger partial charge in [-0.1, -0.05) is 13.8 Å². The third-order valence-corrected chi connectivity index (χ3v) is 3.78. The van der Waals surface area contributed by atoms with Crippen LogP contribution in [0.3, 0.4) is 0 Å². The zero-order valence-corrected chi connectivity index (χ0v) is 14.3. The number of halogens is 1. The molecule has 1 atom stereocenters. The molecule has 0 saturated carbocycles. The third kappa shape index (κ3) is 7.67. The minimum Gasteiger partial charge on any atom is -0.356 e. The number of hydrogen-bond donors (Lipinski definition) is 2. The van der Waals surface area contributed by atoms with Gasteiger partial charge >= 0.3 is 0 Å². The van der Waals surface area contributed by atoms with Crippen LogP contribution in [0, 0.1) is 11.8 Å². The van der Waals surface area contributed by atoms with Crippen molar-refractivity contribution in [2.45, 2.75) is 39.5 Å². The molecule has 0 radical (unpaired) electrons. The van der Waals surface area contributed by atoms with Gasteiger partial charge in [-0.3, -0.25) is 9.59 Å². The molecule has 0 aliphatic carbocycles. The van der Waals surface area contributed by atoms with Crippen LogP contribution in [0.2, 0.25) is 0 Å². The summed E-state index contributed by atoms with van der Waals surface area (Å²) in [6.45, 7) is 7.02. The lowest BCUT2D eigenvalue weighted by Crippen LogP contribution is -2.44. The van der Waals surface area contributed by atoms with E-state index >= 15 is 0 Å². The van der Waals surface area contributed by atoms with Gasteiger partial charge in [-0.2, -0.15) is 0 Å².